The molecule has 1 aromatic rings. The van der Waals surface area contributed by atoms with Crippen LogP contribution in [0.25, 0.3) is 5.83 Å². The number of fused-ring (bicyclic) bond motifs is 1. The molecule has 0 atom stereocenters. The summed E-state index contributed by atoms with van der Waals surface area (Å²) in [7, 11) is 0. The molecule has 0 N–H and O–H groups in total. The lowest BCUT2D eigenvalue weighted by Gasteiger charge is -1.99. The highest BCUT2D eigenvalue weighted by Crippen LogP contribution is 2.28. The van der Waals surface area contributed by atoms with Crippen LogP contribution >= 0.6 is 0 Å². The molecule has 0 aliphatic heterocycles. The molecule has 1 aliphatic carbocycles. The molecule has 11 heavy (non-hydrogen) atoms. The predicted octanol–water partition coefficient (Wildman–Crippen LogP) is 2.86. The van der Waals surface area contributed by atoms with Crippen LogP contribution in [0, 0.1) is 6.92 Å². The number of hydrogen-bond donors (Lipinski definition) is 0. The van der Waals surface area contributed by atoms with Crippen LogP contribution in [0.3, 0.4) is 0 Å². The van der Waals surface area contributed by atoms with Gasteiger partial charge in [-0.25, -0.2) is 4.39 Å². The highest BCUT2D eigenvalue weighted by Gasteiger charge is 2.12. The van der Waals surface area contributed by atoms with E-state index in [0.29, 0.717) is 0 Å². The first-order valence-electron chi connectivity index (χ1n) is 3.73. The first-order valence-corrected chi connectivity index (χ1v) is 3.73. The Hall–Kier alpha value is -1.11. The van der Waals surface area contributed by atoms with E-state index in [4.69, 9.17) is 0 Å². The van der Waals surface area contributed by atoms with Gasteiger partial charge in [-0.2, -0.15) is 0 Å². The van der Waals surface area contributed by atoms with Crippen LogP contribution in [0.1, 0.15) is 16.7 Å². The number of halogens is 1. The Morgan fingerprint density at radius 3 is 3.00 bits per heavy atom. The number of hydrogen-bond acceptors (Lipinski definition) is 0. The lowest BCUT2D eigenvalue weighted by atomic mass is 10.1. The summed E-state index contributed by atoms with van der Waals surface area (Å²) in [6, 6.07) is 5.91. The summed E-state index contributed by atoms with van der Waals surface area (Å²) in [6.45, 7) is 1.98. The molecule has 0 bridgehead atoms. The minimum absolute atomic E-state index is 0.0660. The van der Waals surface area contributed by atoms with Crippen molar-refractivity contribution >= 4 is 5.83 Å². The van der Waals surface area contributed by atoms with Gasteiger partial charge in [0.1, 0.15) is 5.83 Å². The van der Waals surface area contributed by atoms with Gasteiger partial charge >= 0.3 is 0 Å². The zero-order valence-corrected chi connectivity index (χ0v) is 6.39. The maximum absolute atomic E-state index is 13.0. The van der Waals surface area contributed by atoms with Gasteiger partial charge in [0.2, 0.25) is 0 Å². The third-order valence-electron chi connectivity index (χ3n) is 2.02. The number of benzene rings is 1. The number of rotatable bonds is 0. The normalized spacial score (nSPS) is 14.5. The molecule has 1 aliphatic rings. The summed E-state index contributed by atoms with van der Waals surface area (Å²) in [4.78, 5) is 0. The molecular weight excluding hydrogens is 139 g/mol. The van der Waals surface area contributed by atoms with E-state index in [1.807, 2.05) is 25.1 Å². The van der Waals surface area contributed by atoms with Gasteiger partial charge in [-0.3, -0.25) is 0 Å². The maximum Gasteiger partial charge on any atom is 0.127 e. The average molecular weight is 148 g/mol. The molecule has 56 valence electrons. The van der Waals surface area contributed by atoms with Gasteiger partial charge < -0.3 is 0 Å². The van der Waals surface area contributed by atoms with Gasteiger partial charge in [-0.05, 0) is 31.1 Å². The van der Waals surface area contributed by atoms with E-state index in [1.54, 1.807) is 6.08 Å². The van der Waals surface area contributed by atoms with Crippen molar-refractivity contribution in [2.45, 2.75) is 13.3 Å². The Labute approximate surface area is 65.4 Å². The van der Waals surface area contributed by atoms with Gasteiger partial charge in [0, 0.05) is 5.56 Å². The zero-order valence-electron chi connectivity index (χ0n) is 6.39. The van der Waals surface area contributed by atoms with E-state index in [0.717, 1.165) is 23.1 Å². The Bertz CT molecular complexity index is 324. The Kier molecular flexibility index (Phi) is 1.31. The van der Waals surface area contributed by atoms with Gasteiger partial charge in [0.05, 0.1) is 0 Å². The zero-order chi connectivity index (χ0) is 7.84. The molecule has 0 saturated carbocycles. The SMILES string of the molecule is Cc1ccc2c(c1)C(F)=CC2. The minimum atomic E-state index is -0.0660. The van der Waals surface area contributed by atoms with Crippen LogP contribution < -0.4 is 0 Å². The monoisotopic (exact) mass is 148 g/mol. The molecule has 0 saturated heterocycles. The van der Waals surface area contributed by atoms with E-state index in [9.17, 15) is 4.39 Å². The second-order valence-corrected chi connectivity index (χ2v) is 2.92. The van der Waals surface area contributed by atoms with E-state index >= 15 is 0 Å². The first-order chi connectivity index (χ1) is 5.27. The molecule has 0 aromatic heterocycles. The molecule has 0 radical (unpaired) electrons. The maximum atomic E-state index is 13.0. The fourth-order valence-electron chi connectivity index (χ4n) is 1.40. The van der Waals surface area contributed by atoms with Crippen LogP contribution in [0.5, 0.6) is 0 Å². The molecule has 1 aromatic carbocycles. The third-order valence-corrected chi connectivity index (χ3v) is 2.02. The van der Waals surface area contributed by atoms with Gasteiger partial charge in [0.25, 0.3) is 0 Å². The summed E-state index contributed by atoms with van der Waals surface area (Å²) in [5.41, 5.74) is 3.01. The highest BCUT2D eigenvalue weighted by atomic mass is 19.1. The van der Waals surface area contributed by atoms with E-state index in [2.05, 4.69) is 0 Å². The van der Waals surface area contributed by atoms with Crippen LogP contribution in [0.2, 0.25) is 0 Å². The lowest BCUT2D eigenvalue weighted by Crippen LogP contribution is -1.82. The molecule has 0 heterocycles. The average Bonchev–Trinajstić information content (AvgIpc) is 2.33. The summed E-state index contributed by atoms with van der Waals surface area (Å²) >= 11 is 0. The van der Waals surface area contributed by atoms with Crippen LogP contribution in [-0.2, 0) is 6.42 Å². The molecular formula is C10H9F. The minimum Gasteiger partial charge on any atom is -0.207 e. The van der Waals surface area contributed by atoms with Crippen molar-refractivity contribution in [3.63, 3.8) is 0 Å². The molecule has 0 spiro atoms. The molecule has 2 rings (SSSR count). The van der Waals surface area contributed by atoms with Crippen molar-refractivity contribution < 1.29 is 4.39 Å². The largest absolute Gasteiger partial charge is 0.207 e. The van der Waals surface area contributed by atoms with Gasteiger partial charge in [-0.1, -0.05) is 17.7 Å². The third kappa shape index (κ3) is 0.967. The van der Waals surface area contributed by atoms with Crippen molar-refractivity contribution in [3.05, 3.63) is 41.0 Å². The fourth-order valence-corrected chi connectivity index (χ4v) is 1.40. The van der Waals surface area contributed by atoms with Gasteiger partial charge in [-0.15, -0.1) is 0 Å². The van der Waals surface area contributed by atoms with Gasteiger partial charge in [0.15, 0.2) is 0 Å². The van der Waals surface area contributed by atoms with E-state index in [1.165, 1.54) is 0 Å². The second-order valence-electron chi connectivity index (χ2n) is 2.92. The molecule has 0 amide bonds. The Morgan fingerprint density at radius 2 is 2.18 bits per heavy atom. The van der Waals surface area contributed by atoms with E-state index in [-0.39, 0.29) is 5.83 Å². The smallest absolute Gasteiger partial charge is 0.127 e. The molecule has 0 nitrogen and oxygen atoms in total. The number of allylic oxidation sites excluding steroid dienone is 1. The topological polar surface area (TPSA) is 0 Å². The second kappa shape index (κ2) is 2.19. The van der Waals surface area contributed by atoms with Crippen molar-refractivity contribution in [3.8, 4) is 0 Å². The Balaban J connectivity index is 2.60. The molecule has 0 unspecified atom stereocenters. The van der Waals surface area contributed by atoms with Crippen molar-refractivity contribution in [2.24, 2.45) is 0 Å². The quantitative estimate of drug-likeness (QED) is 0.530. The molecule has 1 heteroatoms. The van der Waals surface area contributed by atoms with Crippen molar-refractivity contribution in [1.29, 1.82) is 0 Å². The van der Waals surface area contributed by atoms with Crippen LogP contribution in [0.15, 0.2) is 24.3 Å². The summed E-state index contributed by atoms with van der Waals surface area (Å²) in [6.07, 6.45) is 2.38. The van der Waals surface area contributed by atoms with Crippen molar-refractivity contribution in [1.82, 2.24) is 0 Å². The van der Waals surface area contributed by atoms with Crippen LogP contribution in [0.4, 0.5) is 4.39 Å². The summed E-state index contributed by atoms with van der Waals surface area (Å²) < 4.78 is 13.0. The molecule has 0 fully saturated rings. The Morgan fingerprint density at radius 1 is 1.36 bits per heavy atom. The first kappa shape index (κ1) is 6.59. The number of aryl methyl sites for hydroxylation is 1. The van der Waals surface area contributed by atoms with Crippen molar-refractivity contribution in [2.75, 3.05) is 0 Å². The lowest BCUT2D eigenvalue weighted by molar-refractivity contribution is 0.762. The highest BCUT2D eigenvalue weighted by molar-refractivity contribution is 5.68. The van der Waals surface area contributed by atoms with Crippen LogP contribution in [-0.4, -0.2) is 0 Å². The summed E-state index contributed by atoms with van der Waals surface area (Å²) in [5, 5.41) is 0. The van der Waals surface area contributed by atoms with E-state index < -0.39 is 0 Å². The fraction of sp³-hybridized carbons (Fsp3) is 0.200. The summed E-state index contributed by atoms with van der Waals surface area (Å²) in [5.74, 6) is -0.0660. The standard InChI is InChI=1S/C10H9F/c1-7-2-3-8-4-5-10(11)9(8)6-7/h2-3,5-6H,4H2,1H3. The predicted molar refractivity (Wildman–Crippen MR) is 44.0 cm³/mol.